The maximum atomic E-state index is 12.2. The maximum absolute atomic E-state index is 12.2. The van der Waals surface area contributed by atoms with Crippen LogP contribution in [0.1, 0.15) is 17.0 Å². The van der Waals surface area contributed by atoms with E-state index in [2.05, 4.69) is 0 Å². The fourth-order valence-corrected chi connectivity index (χ4v) is 1.67. The number of ether oxygens (including phenoxy) is 1. The van der Waals surface area contributed by atoms with Gasteiger partial charge in [0, 0.05) is 5.92 Å². The minimum Gasteiger partial charge on any atom is -0.449 e. The second-order valence-corrected chi connectivity index (χ2v) is 3.89. The molecule has 1 heterocycles. The van der Waals surface area contributed by atoms with Gasteiger partial charge in [-0.25, -0.2) is 0 Å². The molecule has 1 aliphatic heterocycles. The second kappa shape index (κ2) is 6.02. The first-order valence-corrected chi connectivity index (χ1v) is 4.92. The predicted octanol–water partition coefficient (Wildman–Crippen LogP) is -0.267. The van der Waals surface area contributed by atoms with Crippen molar-refractivity contribution in [3.8, 4) is 0 Å². The molecule has 1 aromatic rings. The third-order valence-corrected chi connectivity index (χ3v) is 2.53. The summed E-state index contributed by atoms with van der Waals surface area (Å²) in [6, 6.07) is 6.71. The Kier molecular flexibility index (Phi) is 5.54. The van der Waals surface area contributed by atoms with Gasteiger partial charge < -0.3 is 17.7 Å². The van der Waals surface area contributed by atoms with Gasteiger partial charge in [-0.05, 0) is 5.56 Å². The largest absolute Gasteiger partial charge is 1.00 e. The predicted molar refractivity (Wildman–Crippen MR) is 52.8 cm³/mol. The molecule has 1 nitrogen and oxygen atoms in total. The van der Waals surface area contributed by atoms with Crippen LogP contribution in [0.3, 0.4) is 0 Å². The second-order valence-electron chi connectivity index (χ2n) is 3.89. The van der Waals surface area contributed by atoms with Crippen molar-refractivity contribution in [1.82, 2.24) is 0 Å². The van der Waals surface area contributed by atoms with Gasteiger partial charge in [-0.3, -0.25) is 0 Å². The molecule has 0 bridgehead atoms. The van der Waals surface area contributed by atoms with E-state index in [1.807, 2.05) is 6.07 Å². The summed E-state index contributed by atoms with van der Waals surface area (Å²) in [5, 5.41) is 0. The Balaban J connectivity index is 0.00000128. The van der Waals surface area contributed by atoms with Gasteiger partial charge in [-0.2, -0.15) is 0 Å². The molecule has 1 aliphatic rings. The molecule has 0 unspecified atom stereocenters. The molecule has 0 atom stereocenters. The number of benzene rings is 1. The van der Waals surface area contributed by atoms with E-state index in [4.69, 9.17) is 4.74 Å². The molecule has 0 radical (unpaired) electrons. The Labute approximate surface area is 135 Å². The van der Waals surface area contributed by atoms with E-state index >= 15 is 0 Å². The van der Waals surface area contributed by atoms with E-state index < -0.39 is 13.3 Å². The van der Waals surface area contributed by atoms with Crippen LogP contribution >= 0.6 is 0 Å². The van der Waals surface area contributed by atoms with Crippen molar-refractivity contribution >= 4 is 6.98 Å². The van der Waals surface area contributed by atoms with E-state index in [-0.39, 0.29) is 57.3 Å². The molecule has 6 heteroatoms. The number of rotatable bonds is 3. The molecule has 0 spiro atoms. The van der Waals surface area contributed by atoms with Crippen molar-refractivity contribution in [3.63, 3.8) is 0 Å². The van der Waals surface area contributed by atoms with Crippen LogP contribution in [0.25, 0.3) is 0 Å². The first-order chi connectivity index (χ1) is 7.04. The molecule has 0 aromatic heterocycles. The van der Waals surface area contributed by atoms with Crippen molar-refractivity contribution in [3.05, 3.63) is 35.4 Å². The van der Waals surface area contributed by atoms with Crippen LogP contribution < -0.4 is 51.4 Å². The summed E-state index contributed by atoms with van der Waals surface area (Å²) < 4.78 is 41.6. The maximum Gasteiger partial charge on any atom is 1.00 e. The molecule has 0 amide bonds. The fraction of sp³-hybridized carbons (Fsp3) is 0.400. The van der Waals surface area contributed by atoms with Gasteiger partial charge in [0.15, 0.2) is 0 Å². The summed E-state index contributed by atoms with van der Waals surface area (Å²) >= 11 is 0. The number of hydrogen-bond acceptors (Lipinski definition) is 1. The number of hydrogen-bond donors (Lipinski definition) is 0. The van der Waals surface area contributed by atoms with Crippen LogP contribution in [-0.2, 0) is 11.1 Å². The minimum atomic E-state index is -4.74. The summed E-state index contributed by atoms with van der Waals surface area (Å²) in [5.74, 6) is 0.283. The summed E-state index contributed by atoms with van der Waals surface area (Å²) in [6.45, 7) is -3.49. The SMILES string of the molecule is F[B-](F)(F)Cc1cccc(C2COC2)c1.[K+]. The van der Waals surface area contributed by atoms with Crippen LogP contribution in [0.15, 0.2) is 24.3 Å². The van der Waals surface area contributed by atoms with E-state index in [0.29, 0.717) is 18.8 Å². The average Bonchev–Trinajstić information content (AvgIpc) is 1.97. The molecule has 82 valence electrons. The smallest absolute Gasteiger partial charge is 0.449 e. The molecule has 2 rings (SSSR count). The van der Waals surface area contributed by atoms with Crippen molar-refractivity contribution < 1.29 is 69.1 Å². The summed E-state index contributed by atoms with van der Waals surface area (Å²) in [6.07, 6.45) is -0.790. The molecule has 0 aliphatic carbocycles. The Hall–Kier alpha value is 0.671. The zero-order chi connectivity index (χ0) is 10.9. The summed E-state index contributed by atoms with van der Waals surface area (Å²) in [7, 11) is 0. The minimum absolute atomic E-state index is 0. The van der Waals surface area contributed by atoms with Crippen molar-refractivity contribution in [2.75, 3.05) is 13.2 Å². The topological polar surface area (TPSA) is 9.23 Å². The van der Waals surface area contributed by atoms with Gasteiger partial charge in [0.1, 0.15) is 0 Å². The van der Waals surface area contributed by atoms with Crippen LogP contribution in [0.5, 0.6) is 0 Å². The van der Waals surface area contributed by atoms with Gasteiger partial charge in [0.25, 0.3) is 0 Å². The van der Waals surface area contributed by atoms with Crippen LogP contribution in [0.2, 0.25) is 0 Å². The molecule has 1 saturated heterocycles. The van der Waals surface area contributed by atoms with Crippen LogP contribution in [0, 0.1) is 0 Å². The van der Waals surface area contributed by atoms with Crippen molar-refractivity contribution in [2.24, 2.45) is 0 Å². The van der Waals surface area contributed by atoms with Crippen molar-refractivity contribution in [1.29, 1.82) is 0 Å². The molecule has 16 heavy (non-hydrogen) atoms. The van der Waals surface area contributed by atoms with Gasteiger partial charge in [-0.15, -0.1) is 0 Å². The first-order valence-electron chi connectivity index (χ1n) is 4.92. The Morgan fingerprint density at radius 2 is 1.94 bits per heavy atom. The van der Waals surface area contributed by atoms with E-state index in [0.717, 1.165) is 5.56 Å². The summed E-state index contributed by atoms with van der Waals surface area (Å²) in [4.78, 5) is 0. The molecular formula is C10H11BF3KO. The standard InChI is InChI=1S/C10H11BF3O.K/c12-11(13,14)5-8-2-1-3-9(4-8)10-6-15-7-10;/h1-4,10H,5-7H2;/q-1;+1. The van der Waals surface area contributed by atoms with E-state index in [1.165, 1.54) is 6.07 Å². The normalized spacial score (nSPS) is 16.4. The van der Waals surface area contributed by atoms with E-state index in [1.54, 1.807) is 12.1 Å². The molecular weight excluding hydrogens is 243 g/mol. The third kappa shape index (κ3) is 4.16. The quantitative estimate of drug-likeness (QED) is 0.675. The molecule has 1 fully saturated rings. The van der Waals surface area contributed by atoms with Crippen molar-refractivity contribution in [2.45, 2.75) is 12.2 Å². The van der Waals surface area contributed by atoms with Gasteiger partial charge in [0.05, 0.1) is 13.2 Å². The van der Waals surface area contributed by atoms with Crippen LogP contribution in [-0.4, -0.2) is 20.2 Å². The average molecular weight is 254 g/mol. The Morgan fingerprint density at radius 1 is 1.25 bits per heavy atom. The molecule has 1 aromatic carbocycles. The zero-order valence-electron chi connectivity index (χ0n) is 9.13. The number of halogens is 3. The van der Waals surface area contributed by atoms with Crippen LogP contribution in [0.4, 0.5) is 12.9 Å². The van der Waals surface area contributed by atoms with E-state index in [9.17, 15) is 12.9 Å². The monoisotopic (exact) mass is 254 g/mol. The van der Waals surface area contributed by atoms with Gasteiger partial charge in [0.2, 0.25) is 0 Å². The third-order valence-electron chi connectivity index (χ3n) is 2.53. The van der Waals surface area contributed by atoms with Gasteiger partial charge >= 0.3 is 58.4 Å². The summed E-state index contributed by atoms with van der Waals surface area (Å²) in [5.41, 5.74) is 1.31. The van der Waals surface area contributed by atoms with Gasteiger partial charge in [-0.1, -0.05) is 36.1 Å². The zero-order valence-corrected chi connectivity index (χ0v) is 12.3. The molecule has 0 saturated carbocycles. The molecule has 0 N–H and O–H groups in total. The Morgan fingerprint density at radius 3 is 2.44 bits per heavy atom. The fourth-order valence-electron chi connectivity index (χ4n) is 1.67. The first kappa shape index (κ1) is 14.7. The Bertz CT molecular complexity index is 352.